The summed E-state index contributed by atoms with van der Waals surface area (Å²) in [6.07, 6.45) is 7.53. The SMILES string of the molecule is O=C(Nc1ccc(C(=O)N2CCCCC2)cc1)[C@H]1CC=CC[C@H]1C(=O)[O-]. The second-order valence-electron chi connectivity index (χ2n) is 6.89. The highest BCUT2D eigenvalue weighted by Crippen LogP contribution is 2.26. The Hall–Kier alpha value is -2.63. The fourth-order valence-electron chi connectivity index (χ4n) is 3.58. The van der Waals surface area contributed by atoms with Crippen LogP contribution in [0.15, 0.2) is 36.4 Å². The van der Waals surface area contributed by atoms with E-state index >= 15 is 0 Å². The number of hydrogen-bond acceptors (Lipinski definition) is 4. The second-order valence-corrected chi connectivity index (χ2v) is 6.89. The van der Waals surface area contributed by atoms with E-state index in [-0.39, 0.29) is 11.8 Å². The third kappa shape index (κ3) is 4.12. The molecular formula is C20H23N2O4-. The molecule has 0 radical (unpaired) electrons. The molecule has 1 aromatic rings. The third-order valence-corrected chi connectivity index (χ3v) is 5.11. The van der Waals surface area contributed by atoms with Crippen LogP contribution in [0.4, 0.5) is 5.69 Å². The molecule has 1 saturated heterocycles. The van der Waals surface area contributed by atoms with Crippen LogP contribution >= 0.6 is 0 Å². The summed E-state index contributed by atoms with van der Waals surface area (Å²) in [7, 11) is 0. The number of carboxylic acids is 1. The number of piperidine rings is 1. The summed E-state index contributed by atoms with van der Waals surface area (Å²) in [6.45, 7) is 1.58. The number of likely N-dealkylation sites (tertiary alicyclic amines) is 1. The molecule has 2 aliphatic rings. The summed E-state index contributed by atoms with van der Waals surface area (Å²) in [5.74, 6) is -2.97. The topological polar surface area (TPSA) is 89.5 Å². The Balaban J connectivity index is 1.63. The van der Waals surface area contributed by atoms with Crippen molar-refractivity contribution in [2.75, 3.05) is 18.4 Å². The van der Waals surface area contributed by atoms with Crippen LogP contribution in [0.1, 0.15) is 42.5 Å². The van der Waals surface area contributed by atoms with Crippen molar-refractivity contribution in [2.45, 2.75) is 32.1 Å². The first-order valence-corrected chi connectivity index (χ1v) is 9.12. The van der Waals surface area contributed by atoms with Gasteiger partial charge in [-0.3, -0.25) is 9.59 Å². The Labute approximate surface area is 152 Å². The van der Waals surface area contributed by atoms with Crippen molar-refractivity contribution in [3.05, 3.63) is 42.0 Å². The quantitative estimate of drug-likeness (QED) is 0.831. The van der Waals surface area contributed by atoms with Crippen molar-refractivity contribution in [1.82, 2.24) is 4.90 Å². The number of rotatable bonds is 4. The van der Waals surface area contributed by atoms with Gasteiger partial charge in [0, 0.05) is 36.2 Å². The summed E-state index contributed by atoms with van der Waals surface area (Å²) in [4.78, 5) is 38.0. The van der Waals surface area contributed by atoms with Gasteiger partial charge in [0.15, 0.2) is 0 Å². The minimum Gasteiger partial charge on any atom is -0.550 e. The van der Waals surface area contributed by atoms with Gasteiger partial charge in [-0.15, -0.1) is 0 Å². The summed E-state index contributed by atoms with van der Waals surface area (Å²) in [5.41, 5.74) is 1.15. The highest BCUT2D eigenvalue weighted by Gasteiger charge is 2.29. The summed E-state index contributed by atoms with van der Waals surface area (Å²) in [5, 5.41) is 14.0. The molecule has 26 heavy (non-hydrogen) atoms. The van der Waals surface area contributed by atoms with Crippen molar-refractivity contribution in [3.8, 4) is 0 Å². The van der Waals surface area contributed by atoms with Crippen LogP contribution in [0.3, 0.4) is 0 Å². The van der Waals surface area contributed by atoms with E-state index in [1.807, 2.05) is 11.0 Å². The molecule has 6 heteroatoms. The Bertz CT molecular complexity index is 705. The van der Waals surface area contributed by atoms with Crippen LogP contribution in [-0.2, 0) is 9.59 Å². The number of nitrogens with one attached hydrogen (secondary N) is 1. The lowest BCUT2D eigenvalue weighted by Gasteiger charge is -2.28. The van der Waals surface area contributed by atoms with Crippen molar-refractivity contribution >= 4 is 23.5 Å². The van der Waals surface area contributed by atoms with Crippen LogP contribution in [0, 0.1) is 11.8 Å². The van der Waals surface area contributed by atoms with Gasteiger partial charge in [-0.25, -0.2) is 0 Å². The van der Waals surface area contributed by atoms with Crippen LogP contribution in [0.5, 0.6) is 0 Å². The van der Waals surface area contributed by atoms with E-state index in [9.17, 15) is 19.5 Å². The first kappa shape index (κ1) is 18.2. The molecule has 1 aromatic carbocycles. The van der Waals surface area contributed by atoms with Crippen LogP contribution < -0.4 is 10.4 Å². The number of hydrogen-bond donors (Lipinski definition) is 1. The second kappa shape index (κ2) is 8.17. The number of nitrogens with zero attached hydrogens (tertiary/aromatic N) is 1. The molecule has 6 nitrogen and oxygen atoms in total. The van der Waals surface area contributed by atoms with Crippen LogP contribution in [0.2, 0.25) is 0 Å². The molecule has 3 rings (SSSR count). The highest BCUT2D eigenvalue weighted by atomic mass is 16.4. The molecule has 0 bridgehead atoms. The number of amides is 2. The zero-order valence-electron chi connectivity index (χ0n) is 14.6. The number of anilines is 1. The molecular weight excluding hydrogens is 332 g/mol. The Kier molecular flexibility index (Phi) is 5.71. The van der Waals surface area contributed by atoms with Gasteiger partial charge < -0.3 is 20.1 Å². The maximum Gasteiger partial charge on any atom is 0.253 e. The molecule has 2 atom stereocenters. The fourth-order valence-corrected chi connectivity index (χ4v) is 3.58. The zero-order valence-corrected chi connectivity index (χ0v) is 14.6. The minimum atomic E-state index is -1.20. The van der Waals surface area contributed by atoms with Gasteiger partial charge in [-0.1, -0.05) is 12.2 Å². The van der Waals surface area contributed by atoms with Crippen molar-refractivity contribution in [3.63, 3.8) is 0 Å². The van der Waals surface area contributed by atoms with E-state index in [1.54, 1.807) is 30.3 Å². The predicted octanol–water partition coefficient (Wildman–Crippen LogP) is 1.58. The predicted molar refractivity (Wildman–Crippen MR) is 95.2 cm³/mol. The maximum absolute atomic E-state index is 12.5. The molecule has 1 heterocycles. The van der Waals surface area contributed by atoms with Crippen LogP contribution in [-0.4, -0.2) is 35.8 Å². The molecule has 0 unspecified atom stereocenters. The molecule has 1 aliphatic heterocycles. The average molecular weight is 355 g/mol. The number of carbonyl (C=O) groups is 3. The first-order chi connectivity index (χ1) is 12.6. The van der Waals surface area contributed by atoms with Gasteiger partial charge in [0.1, 0.15) is 0 Å². The molecule has 1 fully saturated rings. The van der Waals surface area contributed by atoms with Gasteiger partial charge in [-0.05, 0) is 56.4 Å². The molecule has 0 saturated carbocycles. The van der Waals surface area contributed by atoms with E-state index in [4.69, 9.17) is 0 Å². The normalized spacial score (nSPS) is 22.7. The van der Waals surface area contributed by atoms with E-state index < -0.39 is 17.8 Å². The number of carboxylic acid groups (broad SMARTS) is 1. The summed E-state index contributed by atoms with van der Waals surface area (Å²) < 4.78 is 0. The third-order valence-electron chi connectivity index (χ3n) is 5.11. The lowest BCUT2D eigenvalue weighted by atomic mass is 9.82. The number of carbonyl (C=O) groups excluding carboxylic acids is 3. The largest absolute Gasteiger partial charge is 0.550 e. The van der Waals surface area contributed by atoms with E-state index in [0.29, 0.717) is 24.1 Å². The van der Waals surface area contributed by atoms with Gasteiger partial charge in [0.05, 0.1) is 5.92 Å². The minimum absolute atomic E-state index is 0.0111. The molecule has 1 N–H and O–H groups in total. The Morgan fingerprint density at radius 3 is 2.15 bits per heavy atom. The van der Waals surface area contributed by atoms with Crippen molar-refractivity contribution < 1.29 is 19.5 Å². The van der Waals surface area contributed by atoms with Gasteiger partial charge >= 0.3 is 0 Å². The molecule has 138 valence electrons. The number of benzene rings is 1. The first-order valence-electron chi connectivity index (χ1n) is 9.12. The fraction of sp³-hybridized carbons (Fsp3) is 0.450. The molecule has 0 spiro atoms. The monoisotopic (exact) mass is 355 g/mol. The lowest BCUT2D eigenvalue weighted by molar-refractivity contribution is -0.313. The Morgan fingerprint density at radius 1 is 0.923 bits per heavy atom. The van der Waals surface area contributed by atoms with Crippen LogP contribution in [0.25, 0.3) is 0 Å². The molecule has 0 aromatic heterocycles. The van der Waals surface area contributed by atoms with Gasteiger partial charge in [0.25, 0.3) is 5.91 Å². The maximum atomic E-state index is 12.5. The van der Waals surface area contributed by atoms with Crippen molar-refractivity contribution in [2.24, 2.45) is 11.8 Å². The van der Waals surface area contributed by atoms with Crippen molar-refractivity contribution in [1.29, 1.82) is 0 Å². The van der Waals surface area contributed by atoms with E-state index in [0.717, 1.165) is 32.4 Å². The van der Waals surface area contributed by atoms with E-state index in [1.165, 1.54) is 0 Å². The smallest absolute Gasteiger partial charge is 0.253 e. The number of aliphatic carboxylic acids is 1. The molecule has 1 aliphatic carbocycles. The number of allylic oxidation sites excluding steroid dienone is 2. The van der Waals surface area contributed by atoms with Gasteiger partial charge in [0.2, 0.25) is 5.91 Å². The van der Waals surface area contributed by atoms with E-state index in [2.05, 4.69) is 5.32 Å². The Morgan fingerprint density at radius 2 is 1.54 bits per heavy atom. The summed E-state index contributed by atoms with van der Waals surface area (Å²) in [6, 6.07) is 6.76. The lowest BCUT2D eigenvalue weighted by Crippen LogP contribution is -2.41. The van der Waals surface area contributed by atoms with Gasteiger partial charge in [-0.2, -0.15) is 0 Å². The highest BCUT2D eigenvalue weighted by molar-refractivity contribution is 5.97. The average Bonchev–Trinajstić information content (AvgIpc) is 2.68. The summed E-state index contributed by atoms with van der Waals surface area (Å²) >= 11 is 0. The standard InChI is InChI=1S/C20H24N2O4/c23-18(16-6-2-3-7-17(16)20(25)26)21-15-10-8-14(9-11-15)19(24)22-12-4-1-5-13-22/h2-3,8-11,16-17H,1,4-7,12-13H2,(H,21,23)(H,25,26)/p-1/t16-,17+/m0/s1. The zero-order chi connectivity index (χ0) is 18.5. The molecule has 2 amide bonds.